The molecule has 5 heteroatoms. The Labute approximate surface area is 92.3 Å². The van der Waals surface area contributed by atoms with E-state index in [1.807, 2.05) is 0 Å². The van der Waals surface area contributed by atoms with Gasteiger partial charge < -0.3 is 20.1 Å². The molecule has 0 saturated heterocycles. The predicted molar refractivity (Wildman–Crippen MR) is 56.8 cm³/mol. The highest BCUT2D eigenvalue weighted by Gasteiger charge is 2.01. The summed E-state index contributed by atoms with van der Waals surface area (Å²) in [6.45, 7) is 1.15. The number of nitrogens with one attached hydrogen (secondary N) is 1. The lowest BCUT2D eigenvalue weighted by atomic mass is 10.2. The first-order valence-corrected chi connectivity index (χ1v) is 4.87. The fourth-order valence-corrected chi connectivity index (χ4v) is 1.34. The third kappa shape index (κ3) is 2.52. The number of phenols is 2. The largest absolute Gasteiger partial charge is 0.504 e. The fraction of sp³-hybridized carbons (Fsp3) is 0.182. The minimum atomic E-state index is -0.112. The number of benzene rings is 1. The minimum Gasteiger partial charge on any atom is -0.504 e. The summed E-state index contributed by atoms with van der Waals surface area (Å²) in [6, 6.07) is 6.49. The molecule has 0 spiro atoms. The van der Waals surface area contributed by atoms with Gasteiger partial charge >= 0.3 is 0 Å². The molecule has 0 aliphatic heterocycles. The van der Waals surface area contributed by atoms with Crippen molar-refractivity contribution in [2.24, 2.45) is 0 Å². The van der Waals surface area contributed by atoms with E-state index < -0.39 is 0 Å². The van der Waals surface area contributed by atoms with E-state index in [1.165, 1.54) is 12.1 Å². The summed E-state index contributed by atoms with van der Waals surface area (Å²) < 4.78 is 4.91. The second-order valence-electron chi connectivity index (χ2n) is 3.41. The number of hydrogen-bond donors (Lipinski definition) is 3. The molecule has 2 rings (SSSR count). The zero-order chi connectivity index (χ0) is 11.4. The normalized spacial score (nSPS) is 10.5. The van der Waals surface area contributed by atoms with Crippen LogP contribution < -0.4 is 5.32 Å². The van der Waals surface area contributed by atoms with Gasteiger partial charge in [-0.1, -0.05) is 11.2 Å². The van der Waals surface area contributed by atoms with Crippen LogP contribution in [0.2, 0.25) is 0 Å². The maximum Gasteiger partial charge on any atom is 0.157 e. The summed E-state index contributed by atoms with van der Waals surface area (Å²) in [4.78, 5) is 0. The smallest absolute Gasteiger partial charge is 0.157 e. The van der Waals surface area contributed by atoms with Crippen LogP contribution in [0.1, 0.15) is 11.3 Å². The third-order valence-electron chi connectivity index (χ3n) is 2.16. The SMILES string of the molecule is Oc1ccc(CNCc2ccno2)cc1O. The van der Waals surface area contributed by atoms with Crippen LogP contribution in [-0.4, -0.2) is 15.4 Å². The van der Waals surface area contributed by atoms with Crippen molar-refractivity contribution in [3.05, 3.63) is 41.8 Å². The molecule has 0 aliphatic carbocycles. The third-order valence-corrected chi connectivity index (χ3v) is 2.16. The lowest BCUT2D eigenvalue weighted by molar-refractivity contribution is 0.372. The van der Waals surface area contributed by atoms with Crippen molar-refractivity contribution in [3.8, 4) is 11.5 Å². The first-order chi connectivity index (χ1) is 7.75. The van der Waals surface area contributed by atoms with Gasteiger partial charge in [0.05, 0.1) is 12.7 Å². The van der Waals surface area contributed by atoms with Gasteiger partial charge in [0.15, 0.2) is 11.5 Å². The van der Waals surface area contributed by atoms with Crippen molar-refractivity contribution in [3.63, 3.8) is 0 Å². The molecule has 84 valence electrons. The van der Waals surface area contributed by atoms with Gasteiger partial charge in [-0.15, -0.1) is 0 Å². The van der Waals surface area contributed by atoms with E-state index in [-0.39, 0.29) is 11.5 Å². The summed E-state index contributed by atoms with van der Waals surface area (Å²) >= 11 is 0. The van der Waals surface area contributed by atoms with Crippen LogP contribution in [0.3, 0.4) is 0 Å². The first-order valence-electron chi connectivity index (χ1n) is 4.87. The molecule has 16 heavy (non-hydrogen) atoms. The Hall–Kier alpha value is -2.01. The number of aromatic nitrogens is 1. The number of phenolic OH excluding ortho intramolecular Hbond substituents is 2. The van der Waals surface area contributed by atoms with Gasteiger partial charge in [0, 0.05) is 12.6 Å². The van der Waals surface area contributed by atoms with E-state index in [9.17, 15) is 5.11 Å². The second kappa shape index (κ2) is 4.67. The number of aromatic hydroxyl groups is 2. The molecule has 0 radical (unpaired) electrons. The van der Waals surface area contributed by atoms with E-state index in [1.54, 1.807) is 18.3 Å². The van der Waals surface area contributed by atoms with Gasteiger partial charge in [0.1, 0.15) is 5.76 Å². The molecule has 0 fully saturated rings. The van der Waals surface area contributed by atoms with Gasteiger partial charge in [-0.2, -0.15) is 0 Å². The van der Waals surface area contributed by atoms with Crippen LogP contribution in [0.5, 0.6) is 11.5 Å². The van der Waals surface area contributed by atoms with Crippen molar-refractivity contribution >= 4 is 0 Å². The zero-order valence-electron chi connectivity index (χ0n) is 8.55. The Bertz CT molecular complexity index is 454. The van der Waals surface area contributed by atoms with Crippen LogP contribution in [0.25, 0.3) is 0 Å². The summed E-state index contributed by atoms with van der Waals surface area (Å²) in [5.41, 5.74) is 0.884. The predicted octanol–water partition coefficient (Wildman–Crippen LogP) is 1.38. The van der Waals surface area contributed by atoms with E-state index in [0.717, 1.165) is 11.3 Å². The van der Waals surface area contributed by atoms with Gasteiger partial charge in [-0.3, -0.25) is 0 Å². The number of nitrogens with zero attached hydrogens (tertiary/aromatic N) is 1. The number of hydrogen-bond acceptors (Lipinski definition) is 5. The van der Waals surface area contributed by atoms with E-state index in [2.05, 4.69) is 10.5 Å². The molecule has 0 atom stereocenters. The molecule has 3 N–H and O–H groups in total. The Morgan fingerprint density at radius 2 is 2.00 bits per heavy atom. The van der Waals surface area contributed by atoms with Crippen molar-refractivity contribution in [2.45, 2.75) is 13.1 Å². The topological polar surface area (TPSA) is 78.5 Å². The monoisotopic (exact) mass is 220 g/mol. The van der Waals surface area contributed by atoms with Gasteiger partial charge in [-0.25, -0.2) is 0 Å². The van der Waals surface area contributed by atoms with Crippen LogP contribution in [0.4, 0.5) is 0 Å². The Balaban J connectivity index is 1.87. The molecule has 0 bridgehead atoms. The molecule has 0 aliphatic rings. The first kappa shape index (κ1) is 10.5. The van der Waals surface area contributed by atoms with Crippen molar-refractivity contribution in [1.82, 2.24) is 10.5 Å². The van der Waals surface area contributed by atoms with E-state index >= 15 is 0 Å². The summed E-state index contributed by atoms with van der Waals surface area (Å²) in [5.74, 6) is 0.529. The van der Waals surface area contributed by atoms with Gasteiger partial charge in [-0.05, 0) is 17.7 Å². The van der Waals surface area contributed by atoms with E-state index in [4.69, 9.17) is 9.63 Å². The zero-order valence-corrected chi connectivity index (χ0v) is 8.55. The maximum absolute atomic E-state index is 9.28. The molecule has 1 aromatic carbocycles. The average Bonchev–Trinajstić information content (AvgIpc) is 2.76. The molecule has 0 saturated carbocycles. The summed E-state index contributed by atoms with van der Waals surface area (Å²) in [5, 5.41) is 25.1. The van der Waals surface area contributed by atoms with Crippen LogP contribution in [0.15, 0.2) is 35.0 Å². The van der Waals surface area contributed by atoms with Crippen molar-refractivity contribution in [1.29, 1.82) is 0 Å². The molecule has 1 heterocycles. The van der Waals surface area contributed by atoms with Crippen molar-refractivity contribution in [2.75, 3.05) is 0 Å². The number of rotatable bonds is 4. The Morgan fingerprint density at radius 3 is 2.69 bits per heavy atom. The van der Waals surface area contributed by atoms with Crippen LogP contribution >= 0.6 is 0 Å². The molecular formula is C11H12N2O3. The quantitative estimate of drug-likeness (QED) is 0.678. The maximum atomic E-state index is 9.28. The molecular weight excluding hydrogens is 208 g/mol. The second-order valence-corrected chi connectivity index (χ2v) is 3.41. The lowest BCUT2D eigenvalue weighted by Crippen LogP contribution is -2.11. The molecule has 5 nitrogen and oxygen atoms in total. The molecule has 2 aromatic rings. The summed E-state index contributed by atoms with van der Waals surface area (Å²) in [7, 11) is 0. The minimum absolute atomic E-state index is 0.112. The summed E-state index contributed by atoms with van der Waals surface area (Å²) in [6.07, 6.45) is 1.59. The molecule has 0 unspecified atom stereocenters. The highest BCUT2D eigenvalue weighted by molar-refractivity contribution is 5.40. The average molecular weight is 220 g/mol. The molecule has 0 amide bonds. The van der Waals surface area contributed by atoms with Crippen LogP contribution in [0, 0.1) is 0 Å². The Kier molecular flexibility index (Phi) is 3.07. The highest BCUT2D eigenvalue weighted by atomic mass is 16.5. The highest BCUT2D eigenvalue weighted by Crippen LogP contribution is 2.24. The van der Waals surface area contributed by atoms with Gasteiger partial charge in [0.2, 0.25) is 0 Å². The van der Waals surface area contributed by atoms with Gasteiger partial charge in [0.25, 0.3) is 0 Å². The Morgan fingerprint density at radius 1 is 1.12 bits per heavy atom. The fourth-order valence-electron chi connectivity index (χ4n) is 1.34. The standard InChI is InChI=1S/C11H12N2O3/c14-10-2-1-8(5-11(10)15)6-12-7-9-3-4-13-16-9/h1-5,12,14-15H,6-7H2. The van der Waals surface area contributed by atoms with Crippen molar-refractivity contribution < 1.29 is 14.7 Å². The molecule has 1 aromatic heterocycles. The lowest BCUT2D eigenvalue weighted by Gasteiger charge is -2.04. The van der Waals surface area contributed by atoms with Crippen LogP contribution in [-0.2, 0) is 13.1 Å². The van der Waals surface area contributed by atoms with E-state index in [0.29, 0.717) is 13.1 Å².